The lowest BCUT2D eigenvalue weighted by atomic mass is 10.2. The van der Waals surface area contributed by atoms with Gasteiger partial charge in [0.15, 0.2) is 4.34 Å². The van der Waals surface area contributed by atoms with Crippen molar-refractivity contribution >= 4 is 68.7 Å². The van der Waals surface area contributed by atoms with Crippen molar-refractivity contribution in [2.45, 2.75) is 24.7 Å². The van der Waals surface area contributed by atoms with Gasteiger partial charge in [-0.1, -0.05) is 46.8 Å². The molecule has 1 aromatic carbocycles. The van der Waals surface area contributed by atoms with Gasteiger partial charge in [-0.2, -0.15) is 0 Å². The lowest BCUT2D eigenvalue weighted by molar-refractivity contribution is -0.133. The van der Waals surface area contributed by atoms with Crippen LogP contribution >= 0.6 is 46.0 Å². The second-order valence-corrected chi connectivity index (χ2v) is 10.1. The Morgan fingerprint density at radius 3 is 2.81 bits per heavy atom. The van der Waals surface area contributed by atoms with Crippen LogP contribution in [-0.2, 0) is 16.1 Å². The van der Waals surface area contributed by atoms with Crippen molar-refractivity contribution in [2.75, 3.05) is 24.2 Å². The Labute approximate surface area is 198 Å². The molecule has 2 aromatic heterocycles. The molecule has 3 aromatic rings. The highest BCUT2D eigenvalue weighted by Gasteiger charge is 2.17. The Hall–Kier alpha value is -2.14. The summed E-state index contributed by atoms with van der Waals surface area (Å²) in [6.07, 6.45) is 0. The van der Waals surface area contributed by atoms with Crippen molar-refractivity contribution in [3.05, 3.63) is 51.2 Å². The summed E-state index contributed by atoms with van der Waals surface area (Å²) < 4.78 is 0.675. The van der Waals surface area contributed by atoms with Gasteiger partial charge >= 0.3 is 0 Å². The SMILES string of the molecule is CCN(CC(=O)NCc1cccs1)C(=O)CSc1nnc(Nc2cccc(Cl)c2C)s1. The highest BCUT2D eigenvalue weighted by Crippen LogP contribution is 2.30. The zero-order valence-corrected chi connectivity index (χ0v) is 20.3. The molecule has 11 heteroatoms. The van der Waals surface area contributed by atoms with Crippen LogP contribution < -0.4 is 10.6 Å². The minimum Gasteiger partial charge on any atom is -0.350 e. The van der Waals surface area contributed by atoms with E-state index in [1.54, 1.807) is 11.3 Å². The third-order valence-corrected chi connectivity index (χ3v) is 7.59. The Bertz CT molecular complexity index is 1030. The third-order valence-electron chi connectivity index (χ3n) is 4.34. The Kier molecular flexibility index (Phi) is 8.70. The van der Waals surface area contributed by atoms with E-state index in [1.165, 1.54) is 28.0 Å². The standard InChI is InChI=1S/C20H22ClN5O2S3/c1-3-26(11-17(27)22-10-14-6-5-9-29-14)18(28)12-30-20-25-24-19(31-20)23-16-8-4-7-15(21)13(16)2/h4-9H,3,10-12H2,1-2H3,(H,22,27)(H,23,24). The fourth-order valence-electron chi connectivity index (χ4n) is 2.60. The fourth-order valence-corrected chi connectivity index (χ4v) is 5.08. The second-order valence-electron chi connectivity index (χ2n) is 6.46. The lowest BCUT2D eigenvalue weighted by Crippen LogP contribution is -2.41. The number of thioether (sulfide) groups is 1. The van der Waals surface area contributed by atoms with Gasteiger partial charge in [-0.05, 0) is 43.0 Å². The summed E-state index contributed by atoms with van der Waals surface area (Å²) in [7, 11) is 0. The number of nitrogens with zero attached hydrogens (tertiary/aromatic N) is 3. The van der Waals surface area contributed by atoms with Gasteiger partial charge in [0.05, 0.1) is 18.8 Å². The molecule has 0 fully saturated rings. The monoisotopic (exact) mass is 495 g/mol. The normalized spacial score (nSPS) is 10.7. The van der Waals surface area contributed by atoms with E-state index >= 15 is 0 Å². The number of anilines is 2. The van der Waals surface area contributed by atoms with Crippen LogP contribution in [0.25, 0.3) is 0 Å². The highest BCUT2D eigenvalue weighted by atomic mass is 35.5. The van der Waals surface area contributed by atoms with E-state index in [1.807, 2.05) is 49.6 Å². The fraction of sp³-hybridized carbons (Fsp3) is 0.300. The molecule has 0 atom stereocenters. The first kappa shape index (κ1) is 23.5. The molecule has 0 spiro atoms. The summed E-state index contributed by atoms with van der Waals surface area (Å²) >= 11 is 10.4. The molecule has 164 valence electrons. The van der Waals surface area contributed by atoms with Crippen LogP contribution in [0.4, 0.5) is 10.8 Å². The van der Waals surface area contributed by atoms with Crippen molar-refractivity contribution in [1.82, 2.24) is 20.4 Å². The number of hydrogen-bond acceptors (Lipinski definition) is 8. The van der Waals surface area contributed by atoms with Crippen LogP contribution in [0.3, 0.4) is 0 Å². The number of nitrogens with one attached hydrogen (secondary N) is 2. The number of amides is 2. The van der Waals surface area contributed by atoms with Crippen molar-refractivity contribution in [2.24, 2.45) is 0 Å². The summed E-state index contributed by atoms with van der Waals surface area (Å²) in [6, 6.07) is 9.51. The first-order chi connectivity index (χ1) is 15.0. The number of carbonyl (C=O) groups is 2. The van der Waals surface area contributed by atoms with Crippen molar-refractivity contribution in [3.8, 4) is 0 Å². The van der Waals surface area contributed by atoms with Gasteiger partial charge in [0.1, 0.15) is 0 Å². The number of hydrogen-bond donors (Lipinski definition) is 2. The molecule has 31 heavy (non-hydrogen) atoms. The number of likely N-dealkylation sites (N-methyl/N-ethyl adjacent to an activating group) is 1. The maximum Gasteiger partial charge on any atom is 0.239 e. The van der Waals surface area contributed by atoms with Crippen LogP contribution in [0.2, 0.25) is 5.02 Å². The van der Waals surface area contributed by atoms with E-state index in [9.17, 15) is 9.59 Å². The molecule has 0 unspecified atom stereocenters. The molecule has 0 saturated heterocycles. The van der Waals surface area contributed by atoms with E-state index < -0.39 is 0 Å². The average Bonchev–Trinajstić information content (AvgIpc) is 3.44. The van der Waals surface area contributed by atoms with Crippen LogP contribution in [0.1, 0.15) is 17.4 Å². The summed E-state index contributed by atoms with van der Waals surface area (Å²) in [6.45, 7) is 4.76. The molecule has 7 nitrogen and oxygen atoms in total. The number of thiophene rings is 1. The molecule has 0 aliphatic rings. The molecule has 0 aliphatic heterocycles. The minimum absolute atomic E-state index is 0.0399. The van der Waals surface area contributed by atoms with E-state index in [2.05, 4.69) is 20.8 Å². The van der Waals surface area contributed by atoms with Crippen LogP contribution in [0.15, 0.2) is 40.1 Å². The van der Waals surface area contributed by atoms with E-state index in [4.69, 9.17) is 11.6 Å². The quantitative estimate of drug-likeness (QED) is 0.401. The average molecular weight is 496 g/mol. The molecule has 2 amide bonds. The number of benzene rings is 1. The van der Waals surface area contributed by atoms with Gasteiger partial charge in [-0.15, -0.1) is 21.5 Å². The summed E-state index contributed by atoms with van der Waals surface area (Å²) in [5.74, 6) is -0.0984. The Balaban J connectivity index is 1.47. The van der Waals surface area contributed by atoms with Crippen LogP contribution in [0, 0.1) is 6.92 Å². The van der Waals surface area contributed by atoms with Gasteiger partial charge in [0, 0.05) is 22.1 Å². The summed E-state index contributed by atoms with van der Waals surface area (Å²) in [5.41, 5.74) is 1.79. The van der Waals surface area contributed by atoms with E-state index in [0.717, 1.165) is 16.1 Å². The second kappa shape index (κ2) is 11.5. The van der Waals surface area contributed by atoms with E-state index in [0.29, 0.717) is 27.6 Å². The third kappa shape index (κ3) is 6.93. The molecule has 0 saturated carbocycles. The predicted octanol–water partition coefficient (Wildman–Crippen LogP) is 4.56. The van der Waals surface area contributed by atoms with Gasteiger partial charge in [0.25, 0.3) is 0 Å². The van der Waals surface area contributed by atoms with Gasteiger partial charge < -0.3 is 15.5 Å². The van der Waals surface area contributed by atoms with Crippen LogP contribution in [0.5, 0.6) is 0 Å². The number of aromatic nitrogens is 2. The maximum absolute atomic E-state index is 12.5. The molecular weight excluding hydrogens is 474 g/mol. The topological polar surface area (TPSA) is 87.2 Å². The zero-order valence-electron chi connectivity index (χ0n) is 17.1. The van der Waals surface area contributed by atoms with Gasteiger partial charge in [-0.25, -0.2) is 0 Å². The molecule has 0 radical (unpaired) electrons. The maximum atomic E-state index is 12.5. The molecule has 3 rings (SSSR count). The summed E-state index contributed by atoms with van der Waals surface area (Å²) in [4.78, 5) is 27.3. The predicted molar refractivity (Wildman–Crippen MR) is 129 cm³/mol. The zero-order chi connectivity index (χ0) is 22.2. The molecular formula is C20H22ClN5O2S3. The van der Waals surface area contributed by atoms with Crippen molar-refractivity contribution in [1.29, 1.82) is 0 Å². The lowest BCUT2D eigenvalue weighted by Gasteiger charge is -2.19. The Morgan fingerprint density at radius 1 is 1.23 bits per heavy atom. The van der Waals surface area contributed by atoms with E-state index in [-0.39, 0.29) is 24.1 Å². The highest BCUT2D eigenvalue weighted by molar-refractivity contribution is 8.01. The number of rotatable bonds is 10. The molecule has 0 bridgehead atoms. The largest absolute Gasteiger partial charge is 0.350 e. The first-order valence-electron chi connectivity index (χ1n) is 9.51. The minimum atomic E-state index is -0.173. The van der Waals surface area contributed by atoms with Gasteiger partial charge in [0.2, 0.25) is 16.9 Å². The Morgan fingerprint density at radius 2 is 2.06 bits per heavy atom. The van der Waals surface area contributed by atoms with Crippen LogP contribution in [-0.4, -0.2) is 45.8 Å². The number of carbonyl (C=O) groups excluding carboxylic acids is 2. The van der Waals surface area contributed by atoms with Crippen molar-refractivity contribution < 1.29 is 9.59 Å². The first-order valence-corrected chi connectivity index (χ1v) is 12.6. The smallest absolute Gasteiger partial charge is 0.239 e. The molecule has 2 N–H and O–H groups in total. The van der Waals surface area contributed by atoms with Crippen molar-refractivity contribution in [3.63, 3.8) is 0 Å². The summed E-state index contributed by atoms with van der Waals surface area (Å²) in [5, 5.41) is 17.6. The number of halogens is 1. The van der Waals surface area contributed by atoms with Gasteiger partial charge in [-0.3, -0.25) is 9.59 Å². The molecule has 0 aliphatic carbocycles. The molecule has 2 heterocycles.